The predicted molar refractivity (Wildman–Crippen MR) is 87.6 cm³/mol. The number of hydrogen-bond donors (Lipinski definition) is 2. The summed E-state index contributed by atoms with van der Waals surface area (Å²) < 4.78 is 0. The Balaban J connectivity index is 1.86. The molecule has 1 aliphatic rings. The first-order valence-corrected chi connectivity index (χ1v) is 7.83. The number of amides is 2. The highest BCUT2D eigenvalue weighted by Gasteiger charge is 2.34. The Morgan fingerprint density at radius 1 is 1.27 bits per heavy atom. The molecule has 1 saturated heterocycles. The third-order valence-electron chi connectivity index (χ3n) is 4.26. The lowest BCUT2D eigenvalue weighted by Crippen LogP contribution is -2.38. The second-order valence-electron chi connectivity index (χ2n) is 6.51. The van der Waals surface area contributed by atoms with E-state index in [1.807, 2.05) is 50.2 Å². The Morgan fingerprint density at radius 2 is 1.91 bits per heavy atom. The lowest BCUT2D eigenvalue weighted by molar-refractivity contribution is 0.183. The second kappa shape index (κ2) is 7.61. The van der Waals surface area contributed by atoms with Gasteiger partial charge < -0.3 is 20.2 Å². The summed E-state index contributed by atoms with van der Waals surface area (Å²) in [5.41, 5.74) is 2.31. The van der Waals surface area contributed by atoms with Crippen LogP contribution in [-0.2, 0) is 6.54 Å². The van der Waals surface area contributed by atoms with Crippen LogP contribution in [0.4, 0.5) is 4.79 Å². The van der Waals surface area contributed by atoms with Crippen molar-refractivity contribution in [3.05, 3.63) is 35.4 Å². The summed E-state index contributed by atoms with van der Waals surface area (Å²) >= 11 is 0. The number of nitrogens with one attached hydrogen (secondary N) is 1. The van der Waals surface area contributed by atoms with Gasteiger partial charge in [-0.2, -0.15) is 0 Å². The number of aliphatic hydroxyl groups excluding tert-OH is 1. The standard InChI is InChI=1S/C17H27N3O2/c1-13-4-6-14(7-5-13)8-18-17(22)20-10-15(9-19(2)3)16(11-20)12-21/h4-7,15-16,21H,8-12H2,1-3H3,(H,18,22)/t15-,16-/m1/s1. The highest BCUT2D eigenvalue weighted by molar-refractivity contribution is 5.74. The van der Waals surface area contributed by atoms with E-state index in [-0.39, 0.29) is 18.6 Å². The summed E-state index contributed by atoms with van der Waals surface area (Å²) in [5, 5.41) is 12.5. The number of carbonyl (C=O) groups excluding carboxylic acids is 1. The molecule has 0 unspecified atom stereocenters. The lowest BCUT2D eigenvalue weighted by Gasteiger charge is -2.20. The number of carbonyl (C=O) groups is 1. The van der Waals surface area contributed by atoms with Crippen LogP contribution in [0.2, 0.25) is 0 Å². The summed E-state index contributed by atoms with van der Waals surface area (Å²) in [6, 6.07) is 8.12. The largest absolute Gasteiger partial charge is 0.396 e. The third kappa shape index (κ3) is 4.45. The fourth-order valence-corrected chi connectivity index (χ4v) is 2.98. The molecule has 0 spiro atoms. The average Bonchev–Trinajstić information content (AvgIpc) is 2.88. The molecule has 1 aromatic rings. The number of nitrogens with zero attached hydrogens (tertiary/aromatic N) is 2. The number of aliphatic hydroxyl groups is 1. The summed E-state index contributed by atoms with van der Waals surface area (Å²) in [6.45, 7) is 4.97. The molecule has 2 atom stereocenters. The molecule has 0 saturated carbocycles. The van der Waals surface area contributed by atoms with Gasteiger partial charge in [0.15, 0.2) is 0 Å². The summed E-state index contributed by atoms with van der Waals surface area (Å²) in [6.07, 6.45) is 0. The van der Waals surface area contributed by atoms with Gasteiger partial charge in [-0.05, 0) is 32.5 Å². The van der Waals surface area contributed by atoms with Gasteiger partial charge in [-0.3, -0.25) is 0 Å². The van der Waals surface area contributed by atoms with E-state index in [0.717, 1.165) is 12.1 Å². The first kappa shape index (κ1) is 16.8. The molecule has 5 heteroatoms. The van der Waals surface area contributed by atoms with Crippen molar-refractivity contribution in [2.24, 2.45) is 11.8 Å². The second-order valence-corrected chi connectivity index (χ2v) is 6.51. The van der Waals surface area contributed by atoms with Crippen LogP contribution in [0.5, 0.6) is 0 Å². The van der Waals surface area contributed by atoms with E-state index >= 15 is 0 Å². The molecule has 1 heterocycles. The van der Waals surface area contributed by atoms with Crippen molar-refractivity contribution >= 4 is 6.03 Å². The molecule has 1 aromatic carbocycles. The van der Waals surface area contributed by atoms with E-state index in [0.29, 0.717) is 25.6 Å². The molecule has 0 aromatic heterocycles. The minimum atomic E-state index is -0.0414. The maximum absolute atomic E-state index is 12.3. The third-order valence-corrected chi connectivity index (χ3v) is 4.26. The van der Waals surface area contributed by atoms with Crippen LogP contribution in [-0.4, -0.2) is 61.3 Å². The van der Waals surface area contributed by atoms with Crippen molar-refractivity contribution in [2.75, 3.05) is 40.3 Å². The molecular weight excluding hydrogens is 278 g/mol. The molecule has 2 rings (SSSR count). The van der Waals surface area contributed by atoms with Crippen LogP contribution in [0.15, 0.2) is 24.3 Å². The minimum Gasteiger partial charge on any atom is -0.396 e. The molecule has 0 aliphatic carbocycles. The van der Waals surface area contributed by atoms with E-state index in [9.17, 15) is 9.90 Å². The van der Waals surface area contributed by atoms with E-state index in [2.05, 4.69) is 10.2 Å². The summed E-state index contributed by atoms with van der Waals surface area (Å²) in [4.78, 5) is 16.2. The maximum atomic E-state index is 12.3. The van der Waals surface area contributed by atoms with Crippen LogP contribution in [0.25, 0.3) is 0 Å². The molecule has 122 valence electrons. The van der Waals surface area contributed by atoms with Gasteiger partial charge in [0.2, 0.25) is 0 Å². The van der Waals surface area contributed by atoms with Crippen LogP contribution in [0, 0.1) is 18.8 Å². The molecule has 2 N–H and O–H groups in total. The quantitative estimate of drug-likeness (QED) is 0.862. The highest BCUT2D eigenvalue weighted by Crippen LogP contribution is 2.23. The Morgan fingerprint density at radius 3 is 2.50 bits per heavy atom. The van der Waals surface area contributed by atoms with Crippen molar-refractivity contribution < 1.29 is 9.90 Å². The normalized spacial score (nSPS) is 21.4. The van der Waals surface area contributed by atoms with Crippen LogP contribution < -0.4 is 5.32 Å². The van der Waals surface area contributed by atoms with Gasteiger partial charge in [-0.25, -0.2) is 4.79 Å². The molecule has 0 bridgehead atoms. The van der Waals surface area contributed by atoms with E-state index in [1.165, 1.54) is 5.56 Å². The molecule has 22 heavy (non-hydrogen) atoms. The van der Waals surface area contributed by atoms with Crippen LogP contribution >= 0.6 is 0 Å². The Hall–Kier alpha value is -1.59. The zero-order chi connectivity index (χ0) is 16.1. The Bertz CT molecular complexity index is 487. The van der Waals surface area contributed by atoms with E-state index < -0.39 is 0 Å². The number of benzene rings is 1. The van der Waals surface area contributed by atoms with Gasteiger partial charge >= 0.3 is 6.03 Å². The number of likely N-dealkylation sites (tertiary alicyclic amines) is 1. The van der Waals surface area contributed by atoms with Gasteiger partial charge in [0, 0.05) is 38.7 Å². The van der Waals surface area contributed by atoms with Gasteiger partial charge in [0.25, 0.3) is 0 Å². The Labute approximate surface area is 132 Å². The molecule has 0 radical (unpaired) electrons. The number of rotatable bonds is 5. The van der Waals surface area contributed by atoms with Gasteiger partial charge in [-0.15, -0.1) is 0 Å². The molecule has 1 aliphatic heterocycles. The molecule has 5 nitrogen and oxygen atoms in total. The van der Waals surface area contributed by atoms with Gasteiger partial charge in [0.05, 0.1) is 0 Å². The number of hydrogen-bond acceptors (Lipinski definition) is 3. The van der Waals surface area contributed by atoms with Crippen molar-refractivity contribution in [1.29, 1.82) is 0 Å². The van der Waals surface area contributed by atoms with Crippen molar-refractivity contribution in [2.45, 2.75) is 13.5 Å². The van der Waals surface area contributed by atoms with Crippen LogP contribution in [0.1, 0.15) is 11.1 Å². The average molecular weight is 305 g/mol. The van der Waals surface area contributed by atoms with E-state index in [4.69, 9.17) is 0 Å². The first-order valence-electron chi connectivity index (χ1n) is 7.83. The number of urea groups is 1. The first-order chi connectivity index (χ1) is 10.5. The lowest BCUT2D eigenvalue weighted by atomic mass is 9.97. The number of aryl methyl sites for hydroxylation is 1. The van der Waals surface area contributed by atoms with Crippen molar-refractivity contribution in [3.63, 3.8) is 0 Å². The van der Waals surface area contributed by atoms with Crippen molar-refractivity contribution in [1.82, 2.24) is 15.1 Å². The summed E-state index contributed by atoms with van der Waals surface area (Å²) in [5.74, 6) is 0.512. The fraction of sp³-hybridized carbons (Fsp3) is 0.588. The SMILES string of the molecule is Cc1ccc(CNC(=O)N2C[C@@H](CN(C)C)[C@@H](CO)C2)cc1. The minimum absolute atomic E-state index is 0.0414. The van der Waals surface area contributed by atoms with Crippen LogP contribution in [0.3, 0.4) is 0 Å². The predicted octanol–water partition coefficient (Wildman–Crippen LogP) is 1.31. The van der Waals surface area contributed by atoms with Gasteiger partial charge in [-0.1, -0.05) is 29.8 Å². The highest BCUT2D eigenvalue weighted by atomic mass is 16.3. The zero-order valence-corrected chi connectivity index (χ0v) is 13.7. The zero-order valence-electron chi connectivity index (χ0n) is 13.7. The maximum Gasteiger partial charge on any atom is 0.317 e. The summed E-state index contributed by atoms with van der Waals surface area (Å²) in [7, 11) is 4.04. The smallest absolute Gasteiger partial charge is 0.317 e. The van der Waals surface area contributed by atoms with Gasteiger partial charge in [0.1, 0.15) is 0 Å². The monoisotopic (exact) mass is 305 g/mol. The Kier molecular flexibility index (Phi) is 5.80. The van der Waals surface area contributed by atoms with Crippen molar-refractivity contribution in [3.8, 4) is 0 Å². The molecule has 2 amide bonds. The molecule has 1 fully saturated rings. The fourth-order valence-electron chi connectivity index (χ4n) is 2.98. The molecular formula is C17H27N3O2. The topological polar surface area (TPSA) is 55.8 Å². The van der Waals surface area contributed by atoms with E-state index in [1.54, 1.807) is 0 Å².